The van der Waals surface area contributed by atoms with E-state index in [4.69, 9.17) is 16.3 Å². The molecule has 0 aliphatic heterocycles. The Bertz CT molecular complexity index is 978. The second-order valence-electron chi connectivity index (χ2n) is 5.50. The van der Waals surface area contributed by atoms with Crippen molar-refractivity contribution in [2.75, 3.05) is 0 Å². The van der Waals surface area contributed by atoms with Gasteiger partial charge in [0.05, 0.1) is 11.2 Å². The average Bonchev–Trinajstić information content (AvgIpc) is 2.57. The molecule has 0 radical (unpaired) electrons. The van der Waals surface area contributed by atoms with Crippen LogP contribution in [0.4, 0.5) is 0 Å². The van der Waals surface area contributed by atoms with Gasteiger partial charge in [0.15, 0.2) is 17.1 Å². The van der Waals surface area contributed by atoms with Crippen molar-refractivity contribution in [3.63, 3.8) is 0 Å². The van der Waals surface area contributed by atoms with Crippen LogP contribution in [0.3, 0.4) is 0 Å². The highest BCUT2D eigenvalue weighted by atomic mass is 35.5. The van der Waals surface area contributed by atoms with E-state index in [-0.39, 0.29) is 17.1 Å². The van der Waals surface area contributed by atoms with Crippen LogP contribution in [0.5, 0.6) is 11.5 Å². The zero-order valence-electron chi connectivity index (χ0n) is 13.1. The van der Waals surface area contributed by atoms with Gasteiger partial charge in [-0.15, -0.1) is 0 Å². The summed E-state index contributed by atoms with van der Waals surface area (Å²) in [6.45, 7) is 5.45. The Morgan fingerprint density at radius 2 is 1.96 bits per heavy atom. The predicted molar refractivity (Wildman–Crippen MR) is 96.3 cm³/mol. The molecule has 0 saturated carbocycles. The second kappa shape index (κ2) is 6.42. The molecule has 0 saturated heterocycles. The lowest BCUT2D eigenvalue weighted by atomic mass is 10.2. The Morgan fingerprint density at radius 1 is 1.21 bits per heavy atom. The number of pyridine rings is 1. The Morgan fingerprint density at radius 3 is 2.71 bits per heavy atom. The molecule has 2 aromatic carbocycles. The first kappa shape index (κ1) is 16.1. The number of para-hydroxylation sites is 1. The molecule has 1 N–H and O–H groups in total. The van der Waals surface area contributed by atoms with Crippen molar-refractivity contribution >= 4 is 22.5 Å². The minimum Gasteiger partial charge on any atom is -0.504 e. The van der Waals surface area contributed by atoms with E-state index in [0.29, 0.717) is 11.3 Å². The van der Waals surface area contributed by atoms with Crippen LogP contribution in [-0.4, -0.2) is 15.2 Å². The number of nitrogens with zero attached hydrogens (tertiary/aromatic N) is 1. The first-order chi connectivity index (χ1) is 11.5. The van der Waals surface area contributed by atoms with E-state index in [1.807, 2.05) is 24.3 Å². The third kappa shape index (κ3) is 3.01. The van der Waals surface area contributed by atoms with Crippen LogP contribution in [0.1, 0.15) is 6.92 Å². The van der Waals surface area contributed by atoms with Crippen LogP contribution in [0.2, 0.25) is 0 Å². The molecule has 24 heavy (non-hydrogen) atoms. The van der Waals surface area contributed by atoms with Gasteiger partial charge >= 0.3 is 0 Å². The summed E-state index contributed by atoms with van der Waals surface area (Å²) in [4.78, 5) is 12.4. The second-order valence-corrected chi connectivity index (χ2v) is 5.89. The van der Waals surface area contributed by atoms with E-state index >= 15 is 0 Å². The van der Waals surface area contributed by atoms with E-state index in [2.05, 4.69) is 6.58 Å². The Kier molecular flexibility index (Phi) is 4.32. The monoisotopic (exact) mass is 341 g/mol. The van der Waals surface area contributed by atoms with Gasteiger partial charge in [0.1, 0.15) is 0 Å². The molecule has 0 amide bonds. The summed E-state index contributed by atoms with van der Waals surface area (Å²) < 4.78 is 7.08. The standard InChI is InChI=1S/C19H16ClNO3/c1-12(2)19(20)24-17-11-14(8-9-16(17)22)21-15-6-4-3-5-13(15)7-10-18(21)23/h3-11,19,22H,1H2,2H3. The van der Waals surface area contributed by atoms with E-state index in [9.17, 15) is 9.90 Å². The fourth-order valence-corrected chi connectivity index (χ4v) is 2.50. The van der Waals surface area contributed by atoms with E-state index < -0.39 is 5.56 Å². The lowest BCUT2D eigenvalue weighted by molar-refractivity contribution is 0.297. The summed E-state index contributed by atoms with van der Waals surface area (Å²) in [5, 5.41) is 10.9. The smallest absolute Gasteiger partial charge is 0.255 e. The number of aromatic hydroxyl groups is 1. The summed E-state index contributed by atoms with van der Waals surface area (Å²) in [6, 6.07) is 15.6. The van der Waals surface area contributed by atoms with Gasteiger partial charge in [-0.1, -0.05) is 36.4 Å². The van der Waals surface area contributed by atoms with Crippen LogP contribution in [0.25, 0.3) is 16.6 Å². The topological polar surface area (TPSA) is 51.5 Å². The largest absolute Gasteiger partial charge is 0.504 e. The highest BCUT2D eigenvalue weighted by Crippen LogP contribution is 2.31. The van der Waals surface area contributed by atoms with Crippen molar-refractivity contribution in [3.8, 4) is 17.2 Å². The first-order valence-electron chi connectivity index (χ1n) is 7.37. The van der Waals surface area contributed by atoms with Crippen LogP contribution < -0.4 is 10.3 Å². The molecule has 3 rings (SSSR count). The zero-order chi connectivity index (χ0) is 17.3. The minimum atomic E-state index is -0.768. The van der Waals surface area contributed by atoms with Crippen LogP contribution in [-0.2, 0) is 0 Å². The maximum atomic E-state index is 12.4. The molecule has 0 aliphatic carbocycles. The van der Waals surface area contributed by atoms with Gasteiger partial charge in [0.25, 0.3) is 5.56 Å². The van der Waals surface area contributed by atoms with Gasteiger partial charge in [-0.05, 0) is 42.1 Å². The SMILES string of the molecule is C=C(C)C(Cl)Oc1cc(-n2c(=O)ccc3ccccc32)ccc1O. The van der Waals surface area contributed by atoms with Crippen molar-refractivity contribution in [3.05, 3.63) is 77.1 Å². The van der Waals surface area contributed by atoms with Crippen LogP contribution in [0.15, 0.2) is 71.5 Å². The highest BCUT2D eigenvalue weighted by Gasteiger charge is 2.13. The van der Waals surface area contributed by atoms with E-state index in [0.717, 1.165) is 10.9 Å². The Balaban J connectivity index is 2.16. The highest BCUT2D eigenvalue weighted by molar-refractivity contribution is 6.21. The summed E-state index contributed by atoms with van der Waals surface area (Å²) in [5.74, 6) is 0.134. The summed E-state index contributed by atoms with van der Waals surface area (Å²) in [5.41, 5.74) is 1.02. The van der Waals surface area contributed by atoms with Crippen molar-refractivity contribution < 1.29 is 9.84 Å². The molecular formula is C19H16ClNO3. The number of rotatable bonds is 4. The minimum absolute atomic E-state index is 0.0565. The fraction of sp³-hybridized carbons (Fsp3) is 0.105. The lowest BCUT2D eigenvalue weighted by Crippen LogP contribution is -2.17. The number of halogens is 1. The molecule has 0 aliphatic rings. The maximum Gasteiger partial charge on any atom is 0.255 e. The number of fused-ring (bicyclic) bond motifs is 1. The molecule has 0 spiro atoms. The number of phenols is 1. The molecule has 122 valence electrons. The van der Waals surface area contributed by atoms with Crippen molar-refractivity contribution in [1.29, 1.82) is 0 Å². The quantitative estimate of drug-likeness (QED) is 0.571. The number of phenolic OH excluding ortho intramolecular Hbond substituents is 1. The molecule has 3 aromatic rings. The zero-order valence-corrected chi connectivity index (χ0v) is 13.8. The number of hydrogen-bond acceptors (Lipinski definition) is 3. The Hall–Kier alpha value is -2.72. The van der Waals surface area contributed by atoms with Crippen molar-refractivity contribution in [1.82, 2.24) is 4.57 Å². The van der Waals surface area contributed by atoms with Crippen LogP contribution >= 0.6 is 11.6 Å². The van der Waals surface area contributed by atoms with Gasteiger partial charge in [-0.25, -0.2) is 0 Å². The van der Waals surface area contributed by atoms with Gasteiger partial charge in [-0.3, -0.25) is 9.36 Å². The predicted octanol–water partition coefficient (Wildman–Crippen LogP) is 4.22. The molecular weight excluding hydrogens is 326 g/mol. The average molecular weight is 342 g/mol. The van der Waals surface area contributed by atoms with Gasteiger partial charge in [-0.2, -0.15) is 0 Å². The molecule has 1 heterocycles. The summed E-state index contributed by atoms with van der Waals surface area (Å²) in [6.07, 6.45) is 0. The number of alkyl halides is 1. The maximum absolute atomic E-state index is 12.4. The lowest BCUT2D eigenvalue weighted by Gasteiger charge is -2.16. The fourth-order valence-electron chi connectivity index (χ4n) is 2.40. The van der Waals surface area contributed by atoms with E-state index in [1.165, 1.54) is 12.1 Å². The third-order valence-electron chi connectivity index (χ3n) is 3.62. The van der Waals surface area contributed by atoms with Gasteiger partial charge in [0, 0.05) is 12.1 Å². The molecule has 1 unspecified atom stereocenters. The number of hydrogen-bond donors (Lipinski definition) is 1. The molecule has 1 aromatic heterocycles. The van der Waals surface area contributed by atoms with Crippen molar-refractivity contribution in [2.24, 2.45) is 0 Å². The summed E-state index contributed by atoms with van der Waals surface area (Å²) >= 11 is 6.05. The molecule has 5 heteroatoms. The number of ether oxygens (including phenoxy) is 1. The molecule has 4 nitrogen and oxygen atoms in total. The molecule has 0 bridgehead atoms. The van der Waals surface area contributed by atoms with Crippen molar-refractivity contribution in [2.45, 2.75) is 12.5 Å². The van der Waals surface area contributed by atoms with E-state index in [1.54, 1.807) is 29.7 Å². The third-order valence-corrected chi connectivity index (χ3v) is 4.08. The number of benzene rings is 2. The normalized spacial score (nSPS) is 12.1. The first-order valence-corrected chi connectivity index (χ1v) is 7.81. The Labute approximate surface area is 144 Å². The molecule has 1 atom stereocenters. The number of aromatic nitrogens is 1. The van der Waals surface area contributed by atoms with Crippen LogP contribution in [0, 0.1) is 0 Å². The van der Waals surface area contributed by atoms with Gasteiger partial charge in [0.2, 0.25) is 0 Å². The molecule has 0 fully saturated rings. The summed E-state index contributed by atoms with van der Waals surface area (Å²) in [7, 11) is 0. The van der Waals surface area contributed by atoms with Gasteiger partial charge < -0.3 is 9.84 Å².